The van der Waals surface area contributed by atoms with Crippen LogP contribution in [0.2, 0.25) is 0 Å². The fraction of sp³-hybridized carbons (Fsp3) is 0.200. The molecule has 3 rings (SSSR count). The van der Waals surface area contributed by atoms with Gasteiger partial charge in [0.05, 0.1) is 5.69 Å². The summed E-state index contributed by atoms with van der Waals surface area (Å²) in [6, 6.07) is 8.09. The van der Waals surface area contributed by atoms with E-state index in [2.05, 4.69) is 11.1 Å². The monoisotopic (exact) mass is 190 g/mol. The predicted octanol–water partition coefficient (Wildman–Crippen LogP) is 2.12. The van der Waals surface area contributed by atoms with E-state index in [0.29, 0.717) is 6.79 Å². The highest BCUT2D eigenvalue weighted by Gasteiger charge is 2.17. The van der Waals surface area contributed by atoms with Crippen LogP contribution in [0.1, 0.15) is 5.69 Å². The fourth-order valence-corrected chi connectivity index (χ4v) is 1.63. The van der Waals surface area contributed by atoms with Crippen molar-refractivity contribution >= 4 is 16.6 Å². The summed E-state index contributed by atoms with van der Waals surface area (Å²) in [7, 11) is 0. The topological polar surface area (TPSA) is 37.5 Å². The van der Waals surface area contributed by atoms with E-state index in [0.717, 1.165) is 16.9 Å². The SMILES string of the molecule is Cc1cc2cc(N3OCO3)ccc2[nH]1. The van der Waals surface area contributed by atoms with Crippen LogP contribution in [0.25, 0.3) is 10.9 Å². The second-order valence-corrected chi connectivity index (χ2v) is 3.36. The van der Waals surface area contributed by atoms with Gasteiger partial charge < -0.3 is 4.98 Å². The zero-order valence-corrected chi connectivity index (χ0v) is 7.78. The molecule has 1 aliphatic heterocycles. The van der Waals surface area contributed by atoms with Gasteiger partial charge in [0.25, 0.3) is 0 Å². The second kappa shape index (κ2) is 2.73. The number of aromatic amines is 1. The first-order valence-corrected chi connectivity index (χ1v) is 4.48. The van der Waals surface area contributed by atoms with Crippen LogP contribution >= 0.6 is 0 Å². The highest BCUT2D eigenvalue weighted by atomic mass is 17.1. The standard InChI is InChI=1S/C10H10N2O2/c1-7-4-8-5-9(12-13-6-14-12)2-3-10(8)11-7/h2-5,11H,6H2,1H3. The van der Waals surface area contributed by atoms with Crippen molar-refractivity contribution in [3.8, 4) is 0 Å². The van der Waals surface area contributed by atoms with Crippen LogP contribution in [0.4, 0.5) is 5.69 Å². The lowest BCUT2D eigenvalue weighted by Crippen LogP contribution is -2.36. The van der Waals surface area contributed by atoms with Crippen molar-refractivity contribution in [3.63, 3.8) is 0 Å². The number of nitrogens with zero attached hydrogens (tertiary/aromatic N) is 1. The summed E-state index contributed by atoms with van der Waals surface area (Å²) in [5, 5.41) is 2.58. The van der Waals surface area contributed by atoms with E-state index in [9.17, 15) is 0 Å². The number of hydrogen-bond donors (Lipinski definition) is 1. The number of anilines is 1. The van der Waals surface area contributed by atoms with E-state index in [1.54, 1.807) is 0 Å². The lowest BCUT2D eigenvalue weighted by Gasteiger charge is -2.29. The summed E-state index contributed by atoms with van der Waals surface area (Å²) in [5.41, 5.74) is 3.21. The summed E-state index contributed by atoms with van der Waals surface area (Å²) in [6.45, 7) is 2.38. The van der Waals surface area contributed by atoms with E-state index in [4.69, 9.17) is 9.68 Å². The molecule has 14 heavy (non-hydrogen) atoms. The van der Waals surface area contributed by atoms with Crippen molar-refractivity contribution in [2.45, 2.75) is 6.92 Å². The Morgan fingerprint density at radius 2 is 2.14 bits per heavy atom. The Kier molecular flexibility index (Phi) is 1.53. The Morgan fingerprint density at radius 1 is 1.29 bits per heavy atom. The molecule has 0 bridgehead atoms. The molecule has 0 aliphatic carbocycles. The van der Waals surface area contributed by atoms with Crippen LogP contribution in [-0.4, -0.2) is 11.8 Å². The Bertz CT molecular complexity index is 474. The summed E-state index contributed by atoms with van der Waals surface area (Å²) in [6.07, 6.45) is 0. The Labute approximate surface area is 80.9 Å². The van der Waals surface area contributed by atoms with E-state index in [1.165, 1.54) is 10.6 Å². The average molecular weight is 190 g/mol. The summed E-state index contributed by atoms with van der Waals surface area (Å²) >= 11 is 0. The molecule has 0 amide bonds. The predicted molar refractivity (Wildman–Crippen MR) is 52.6 cm³/mol. The van der Waals surface area contributed by atoms with E-state index in [1.807, 2.05) is 25.1 Å². The van der Waals surface area contributed by atoms with Gasteiger partial charge in [0.2, 0.25) is 6.79 Å². The van der Waals surface area contributed by atoms with Crippen LogP contribution in [0.15, 0.2) is 24.3 Å². The highest BCUT2D eigenvalue weighted by Crippen LogP contribution is 2.25. The van der Waals surface area contributed by atoms with Gasteiger partial charge in [-0.2, -0.15) is 0 Å². The van der Waals surface area contributed by atoms with Crippen molar-refractivity contribution in [1.82, 2.24) is 4.98 Å². The molecule has 0 saturated carbocycles. The Hall–Kier alpha value is -1.52. The number of aromatic nitrogens is 1. The molecule has 1 N–H and O–H groups in total. The maximum absolute atomic E-state index is 5.07. The molecular weight excluding hydrogens is 180 g/mol. The lowest BCUT2D eigenvalue weighted by molar-refractivity contribution is -0.277. The molecular formula is C10H10N2O2. The summed E-state index contributed by atoms with van der Waals surface area (Å²) < 4.78 is 0. The van der Waals surface area contributed by atoms with E-state index < -0.39 is 0 Å². The largest absolute Gasteiger partial charge is 0.359 e. The van der Waals surface area contributed by atoms with Gasteiger partial charge in [-0.25, -0.2) is 9.68 Å². The minimum absolute atomic E-state index is 0.338. The number of H-pyrrole nitrogens is 1. The lowest BCUT2D eigenvalue weighted by atomic mass is 10.2. The minimum Gasteiger partial charge on any atom is -0.359 e. The average Bonchev–Trinajstić information content (AvgIpc) is 2.40. The van der Waals surface area contributed by atoms with Crippen LogP contribution in [-0.2, 0) is 9.68 Å². The smallest absolute Gasteiger partial charge is 0.205 e. The van der Waals surface area contributed by atoms with Crippen molar-refractivity contribution in [2.75, 3.05) is 12.0 Å². The van der Waals surface area contributed by atoms with Crippen LogP contribution in [0.3, 0.4) is 0 Å². The van der Waals surface area contributed by atoms with Crippen LogP contribution < -0.4 is 5.23 Å². The third kappa shape index (κ3) is 1.08. The van der Waals surface area contributed by atoms with Gasteiger partial charge in [-0.3, -0.25) is 0 Å². The molecule has 0 atom stereocenters. The van der Waals surface area contributed by atoms with Gasteiger partial charge in [0, 0.05) is 16.6 Å². The summed E-state index contributed by atoms with van der Waals surface area (Å²) in [5.74, 6) is 0. The van der Waals surface area contributed by atoms with Crippen LogP contribution in [0.5, 0.6) is 0 Å². The summed E-state index contributed by atoms with van der Waals surface area (Å²) in [4.78, 5) is 13.4. The van der Waals surface area contributed by atoms with Crippen molar-refractivity contribution in [1.29, 1.82) is 0 Å². The Balaban J connectivity index is 2.09. The van der Waals surface area contributed by atoms with Crippen molar-refractivity contribution < 1.29 is 9.68 Å². The number of rotatable bonds is 1. The first kappa shape index (κ1) is 7.84. The molecule has 0 spiro atoms. The highest BCUT2D eigenvalue weighted by molar-refractivity contribution is 5.83. The van der Waals surface area contributed by atoms with Gasteiger partial charge in [0.15, 0.2) is 0 Å². The molecule has 1 aromatic heterocycles. The van der Waals surface area contributed by atoms with Gasteiger partial charge in [-0.05, 0) is 31.2 Å². The van der Waals surface area contributed by atoms with Crippen molar-refractivity contribution in [3.05, 3.63) is 30.0 Å². The number of aryl methyl sites for hydroxylation is 1. The minimum atomic E-state index is 0.338. The van der Waals surface area contributed by atoms with Crippen molar-refractivity contribution in [2.24, 2.45) is 0 Å². The van der Waals surface area contributed by atoms with Gasteiger partial charge in [-0.15, -0.1) is 5.23 Å². The molecule has 0 unspecified atom stereocenters. The molecule has 1 aliphatic rings. The van der Waals surface area contributed by atoms with Gasteiger partial charge >= 0.3 is 0 Å². The number of benzene rings is 1. The second-order valence-electron chi connectivity index (χ2n) is 3.36. The molecule has 2 aromatic rings. The number of fused-ring (bicyclic) bond motifs is 1. The Morgan fingerprint density at radius 3 is 2.86 bits per heavy atom. The molecule has 4 heteroatoms. The first-order valence-electron chi connectivity index (χ1n) is 4.48. The van der Waals surface area contributed by atoms with E-state index in [-0.39, 0.29) is 0 Å². The molecule has 1 saturated heterocycles. The molecule has 0 radical (unpaired) electrons. The third-order valence-electron chi connectivity index (χ3n) is 2.29. The number of hydrogen-bond acceptors (Lipinski definition) is 3. The quantitative estimate of drug-likeness (QED) is 0.748. The zero-order chi connectivity index (χ0) is 9.54. The number of nitrogens with one attached hydrogen (secondary N) is 1. The van der Waals surface area contributed by atoms with Gasteiger partial charge in [0.1, 0.15) is 0 Å². The zero-order valence-electron chi connectivity index (χ0n) is 7.78. The maximum Gasteiger partial charge on any atom is 0.205 e. The first-order chi connectivity index (χ1) is 6.83. The third-order valence-corrected chi connectivity index (χ3v) is 2.29. The van der Waals surface area contributed by atoms with Crippen LogP contribution in [0, 0.1) is 6.92 Å². The normalized spacial score (nSPS) is 15.9. The molecule has 4 nitrogen and oxygen atoms in total. The van der Waals surface area contributed by atoms with Gasteiger partial charge in [-0.1, -0.05) is 0 Å². The fourth-order valence-electron chi connectivity index (χ4n) is 1.63. The molecule has 2 heterocycles. The van der Waals surface area contributed by atoms with E-state index >= 15 is 0 Å². The molecule has 1 aromatic carbocycles. The molecule has 72 valence electrons. The maximum atomic E-state index is 5.07. The molecule has 1 fully saturated rings.